The number of aromatic hydroxyl groups is 1. The van der Waals surface area contributed by atoms with Crippen LogP contribution in [0.1, 0.15) is 48.0 Å². The van der Waals surface area contributed by atoms with Gasteiger partial charge in [0.05, 0.1) is 26.2 Å². The number of methoxy groups -OCH3 is 1. The minimum atomic E-state index is -1.41. The van der Waals surface area contributed by atoms with Crippen LogP contribution in [0, 0.1) is 11.8 Å². The number of amides is 1. The molecule has 0 aliphatic heterocycles. The van der Waals surface area contributed by atoms with Gasteiger partial charge in [-0.05, 0) is 30.0 Å². The molecule has 0 bridgehead atoms. The molecule has 0 spiro atoms. The number of hydrogen-bond donors (Lipinski definition) is 2. The third-order valence-corrected chi connectivity index (χ3v) is 8.02. The number of aromatic nitrogens is 1. The van der Waals surface area contributed by atoms with Crippen LogP contribution in [0.4, 0.5) is 0 Å². The number of ether oxygens (including phenoxy) is 5. The Morgan fingerprint density at radius 2 is 1.31 bits per heavy atom. The zero-order valence-electron chi connectivity index (χ0n) is 29.6. The maximum absolute atomic E-state index is 13.9. The maximum Gasteiger partial charge on any atom is 0.331 e. The molecule has 2 N–H and O–H groups in total. The summed E-state index contributed by atoms with van der Waals surface area (Å²) in [5.74, 6) is -5.29. The van der Waals surface area contributed by atoms with Gasteiger partial charge in [-0.25, -0.2) is 9.78 Å². The lowest BCUT2D eigenvalue weighted by atomic mass is 9.90. The predicted molar refractivity (Wildman–Crippen MR) is 190 cm³/mol. The van der Waals surface area contributed by atoms with Crippen molar-refractivity contribution in [3.05, 3.63) is 126 Å². The third kappa shape index (κ3) is 11.4. The van der Waals surface area contributed by atoms with Crippen LogP contribution in [-0.2, 0) is 53.0 Å². The van der Waals surface area contributed by atoms with Crippen molar-refractivity contribution in [2.45, 2.75) is 58.7 Å². The highest BCUT2D eigenvalue weighted by Crippen LogP contribution is 2.28. The van der Waals surface area contributed by atoms with Crippen molar-refractivity contribution < 1.29 is 48.0 Å². The van der Waals surface area contributed by atoms with Crippen molar-refractivity contribution in [3.8, 4) is 11.5 Å². The molecule has 0 saturated carbocycles. The second-order valence-electron chi connectivity index (χ2n) is 12.3. The average molecular weight is 713 g/mol. The summed E-state index contributed by atoms with van der Waals surface area (Å²) in [5, 5.41) is 13.1. The standard InChI is InChI=1S/C40H44N2O10/c1-26(2)38(45)52-36(31(22-28-14-8-5-9-15-28)39(46)50-24-30-18-12-7-13-19-30)27(3)51-40(47)32(25-49-23-29-16-10-6-11-17-29)42-37(44)34-35(43)33(48-4)20-21-41-34/h5-21,26-27,31-32,36,43H,22-25H2,1-4H3,(H,42,44)/t27-,31+,32-,36-/m0/s1. The van der Waals surface area contributed by atoms with Gasteiger partial charge in [0.15, 0.2) is 29.3 Å². The normalized spacial score (nSPS) is 13.2. The van der Waals surface area contributed by atoms with Crippen LogP contribution in [0.25, 0.3) is 0 Å². The summed E-state index contributed by atoms with van der Waals surface area (Å²) in [6.45, 7) is 4.54. The number of hydrogen-bond acceptors (Lipinski definition) is 11. The van der Waals surface area contributed by atoms with Crippen LogP contribution in [0.3, 0.4) is 0 Å². The lowest BCUT2D eigenvalue weighted by molar-refractivity contribution is -0.181. The van der Waals surface area contributed by atoms with Crippen molar-refractivity contribution >= 4 is 23.8 Å². The van der Waals surface area contributed by atoms with Gasteiger partial charge in [0, 0.05) is 12.3 Å². The van der Waals surface area contributed by atoms with E-state index in [2.05, 4.69) is 10.3 Å². The summed E-state index contributed by atoms with van der Waals surface area (Å²) < 4.78 is 28.4. The van der Waals surface area contributed by atoms with E-state index in [9.17, 15) is 24.3 Å². The molecule has 4 aromatic rings. The Labute approximate surface area is 303 Å². The molecule has 52 heavy (non-hydrogen) atoms. The Bertz CT molecular complexity index is 1750. The van der Waals surface area contributed by atoms with E-state index < -0.39 is 59.7 Å². The van der Waals surface area contributed by atoms with Crippen LogP contribution in [0.5, 0.6) is 11.5 Å². The fraction of sp³-hybridized carbons (Fsp3) is 0.325. The second kappa shape index (κ2) is 19.6. The van der Waals surface area contributed by atoms with E-state index in [1.165, 1.54) is 26.3 Å². The molecule has 0 aliphatic rings. The predicted octanol–water partition coefficient (Wildman–Crippen LogP) is 5.21. The topological polar surface area (TPSA) is 160 Å². The summed E-state index contributed by atoms with van der Waals surface area (Å²) in [7, 11) is 1.32. The fourth-order valence-electron chi connectivity index (χ4n) is 5.18. The van der Waals surface area contributed by atoms with E-state index in [4.69, 9.17) is 23.7 Å². The van der Waals surface area contributed by atoms with Crippen LogP contribution < -0.4 is 10.1 Å². The molecule has 1 amide bonds. The Hall–Kier alpha value is -5.75. The number of carbonyl (C=O) groups is 4. The van der Waals surface area contributed by atoms with Crippen molar-refractivity contribution in [2.75, 3.05) is 13.7 Å². The average Bonchev–Trinajstić information content (AvgIpc) is 3.15. The molecule has 1 heterocycles. The molecule has 0 unspecified atom stereocenters. The molecule has 0 saturated heterocycles. The van der Waals surface area contributed by atoms with Gasteiger partial charge in [-0.1, -0.05) is 105 Å². The first-order valence-electron chi connectivity index (χ1n) is 16.9. The van der Waals surface area contributed by atoms with Crippen LogP contribution in [0.2, 0.25) is 0 Å². The molecule has 12 nitrogen and oxygen atoms in total. The molecular formula is C40H44N2O10. The lowest BCUT2D eigenvalue weighted by Gasteiger charge is -2.31. The van der Waals surface area contributed by atoms with E-state index in [0.29, 0.717) is 0 Å². The van der Waals surface area contributed by atoms with Gasteiger partial charge in [0.1, 0.15) is 18.6 Å². The Morgan fingerprint density at radius 1 is 0.731 bits per heavy atom. The molecule has 0 fully saturated rings. The summed E-state index contributed by atoms with van der Waals surface area (Å²) in [4.78, 5) is 58.0. The lowest BCUT2D eigenvalue weighted by Crippen LogP contribution is -2.49. The van der Waals surface area contributed by atoms with Gasteiger partial charge >= 0.3 is 17.9 Å². The first-order valence-corrected chi connectivity index (χ1v) is 16.9. The minimum absolute atomic E-state index is 0.00615. The minimum Gasteiger partial charge on any atom is -0.503 e. The number of pyridine rings is 1. The van der Waals surface area contributed by atoms with Gasteiger partial charge in [-0.15, -0.1) is 0 Å². The highest BCUT2D eigenvalue weighted by Gasteiger charge is 2.40. The highest BCUT2D eigenvalue weighted by molar-refractivity contribution is 5.98. The summed E-state index contributed by atoms with van der Waals surface area (Å²) in [6, 6.07) is 27.4. The summed E-state index contributed by atoms with van der Waals surface area (Å²) in [5.41, 5.74) is 1.95. The first kappa shape index (κ1) is 39.0. The summed E-state index contributed by atoms with van der Waals surface area (Å²) in [6.07, 6.45) is -1.11. The molecule has 4 atom stereocenters. The van der Waals surface area contributed by atoms with Crippen molar-refractivity contribution in [3.63, 3.8) is 0 Å². The number of rotatable bonds is 18. The van der Waals surface area contributed by atoms with Gasteiger partial charge in [-0.2, -0.15) is 0 Å². The van der Waals surface area contributed by atoms with E-state index in [1.54, 1.807) is 13.8 Å². The van der Waals surface area contributed by atoms with Crippen LogP contribution in [-0.4, -0.2) is 65.9 Å². The van der Waals surface area contributed by atoms with E-state index in [1.807, 2.05) is 91.0 Å². The van der Waals surface area contributed by atoms with Gasteiger partial charge in [0.25, 0.3) is 5.91 Å². The number of benzene rings is 3. The quantitative estimate of drug-likeness (QED) is 0.103. The highest BCUT2D eigenvalue weighted by atomic mass is 16.6. The molecule has 274 valence electrons. The molecule has 4 rings (SSSR count). The second-order valence-corrected chi connectivity index (χ2v) is 12.3. The number of nitrogens with zero attached hydrogens (tertiary/aromatic N) is 1. The molecule has 3 aromatic carbocycles. The third-order valence-electron chi connectivity index (χ3n) is 8.02. The van der Waals surface area contributed by atoms with Crippen molar-refractivity contribution in [1.82, 2.24) is 10.3 Å². The first-order chi connectivity index (χ1) is 25.1. The van der Waals surface area contributed by atoms with Crippen molar-refractivity contribution in [1.29, 1.82) is 0 Å². The number of carbonyl (C=O) groups excluding carboxylic acids is 4. The number of esters is 3. The SMILES string of the molecule is COc1ccnc(C(=O)N[C@@H](COCc2ccccc2)C(=O)O[C@@H](C)[C@H](OC(=O)C(C)C)[C@@H](Cc2ccccc2)C(=O)OCc2ccccc2)c1O. The van der Waals surface area contributed by atoms with E-state index in [0.717, 1.165) is 16.7 Å². The summed E-state index contributed by atoms with van der Waals surface area (Å²) >= 11 is 0. The Morgan fingerprint density at radius 3 is 1.88 bits per heavy atom. The van der Waals surface area contributed by atoms with Gasteiger partial charge in [-0.3, -0.25) is 14.4 Å². The van der Waals surface area contributed by atoms with Crippen molar-refractivity contribution in [2.24, 2.45) is 11.8 Å². The van der Waals surface area contributed by atoms with Crippen LogP contribution in [0.15, 0.2) is 103 Å². The molecule has 12 heteroatoms. The molecule has 0 radical (unpaired) electrons. The van der Waals surface area contributed by atoms with E-state index in [-0.39, 0.29) is 37.7 Å². The Kier molecular flexibility index (Phi) is 14.7. The van der Waals surface area contributed by atoms with Crippen LogP contribution >= 0.6 is 0 Å². The zero-order chi connectivity index (χ0) is 37.5. The maximum atomic E-state index is 13.9. The van der Waals surface area contributed by atoms with Gasteiger partial charge in [0.2, 0.25) is 0 Å². The zero-order valence-corrected chi connectivity index (χ0v) is 29.6. The van der Waals surface area contributed by atoms with E-state index >= 15 is 0 Å². The Balaban J connectivity index is 1.61. The van der Waals surface area contributed by atoms with Gasteiger partial charge < -0.3 is 34.1 Å². The monoisotopic (exact) mass is 712 g/mol. The molecule has 1 aromatic heterocycles. The smallest absolute Gasteiger partial charge is 0.331 e. The molecular weight excluding hydrogens is 668 g/mol. The fourth-order valence-corrected chi connectivity index (χ4v) is 5.18. The number of nitrogens with one attached hydrogen (secondary N) is 1. The largest absolute Gasteiger partial charge is 0.503 e. The molecule has 0 aliphatic carbocycles.